The summed E-state index contributed by atoms with van der Waals surface area (Å²) < 4.78 is 5.55. The number of ether oxygens (including phenoxy) is 1. The van der Waals surface area contributed by atoms with Crippen LogP contribution < -0.4 is 20.7 Å². The molecule has 0 saturated carbocycles. The third-order valence-corrected chi connectivity index (χ3v) is 3.72. The molecule has 6 heteroatoms. The van der Waals surface area contributed by atoms with Crippen LogP contribution in [-0.2, 0) is 9.59 Å². The highest BCUT2D eigenvalue weighted by molar-refractivity contribution is 6.00. The van der Waals surface area contributed by atoms with E-state index in [0.29, 0.717) is 11.4 Å². The summed E-state index contributed by atoms with van der Waals surface area (Å²) >= 11 is 0. The van der Waals surface area contributed by atoms with Gasteiger partial charge in [-0.25, -0.2) is 0 Å². The average molecular weight is 275 g/mol. The van der Waals surface area contributed by atoms with E-state index < -0.39 is 12.0 Å². The molecule has 0 radical (unpaired) electrons. The van der Waals surface area contributed by atoms with Crippen molar-refractivity contribution in [2.24, 2.45) is 5.73 Å². The van der Waals surface area contributed by atoms with Gasteiger partial charge in [-0.3, -0.25) is 9.59 Å². The van der Waals surface area contributed by atoms with Gasteiger partial charge >= 0.3 is 0 Å². The summed E-state index contributed by atoms with van der Waals surface area (Å²) in [6.07, 6.45) is 1.01. The van der Waals surface area contributed by atoms with Crippen molar-refractivity contribution in [2.45, 2.75) is 25.0 Å². The molecular formula is C14H17N3O3. The molecule has 1 aromatic rings. The van der Waals surface area contributed by atoms with Gasteiger partial charge < -0.3 is 20.7 Å². The molecule has 20 heavy (non-hydrogen) atoms. The number of hydrogen-bond donors (Lipinski definition) is 2. The molecule has 2 atom stereocenters. The fourth-order valence-electron chi connectivity index (χ4n) is 2.67. The van der Waals surface area contributed by atoms with Gasteiger partial charge in [0.1, 0.15) is 5.75 Å². The number of carbonyl (C=O) groups is 2. The highest BCUT2D eigenvalue weighted by Gasteiger charge is 2.36. The fraction of sp³-hybridized carbons (Fsp3) is 0.429. The van der Waals surface area contributed by atoms with Gasteiger partial charge in [-0.1, -0.05) is 12.1 Å². The van der Waals surface area contributed by atoms with Crippen molar-refractivity contribution >= 4 is 17.5 Å². The minimum atomic E-state index is -0.796. The van der Waals surface area contributed by atoms with Crippen molar-refractivity contribution in [3.05, 3.63) is 24.3 Å². The van der Waals surface area contributed by atoms with E-state index in [1.165, 1.54) is 0 Å². The maximum absolute atomic E-state index is 12.6. The monoisotopic (exact) mass is 275 g/mol. The zero-order chi connectivity index (χ0) is 14.1. The number of nitrogens with two attached hydrogens (primary N) is 1. The summed E-state index contributed by atoms with van der Waals surface area (Å²) in [5.41, 5.74) is 6.02. The zero-order valence-corrected chi connectivity index (χ0v) is 11.0. The van der Waals surface area contributed by atoms with Crippen LogP contribution in [0, 0.1) is 0 Å². The van der Waals surface area contributed by atoms with Crippen LogP contribution in [0.4, 0.5) is 5.69 Å². The number of rotatable bonds is 2. The summed E-state index contributed by atoms with van der Waals surface area (Å²) in [5, 5.41) is 3.18. The quantitative estimate of drug-likeness (QED) is 0.796. The van der Waals surface area contributed by atoms with Crippen molar-refractivity contribution in [3.63, 3.8) is 0 Å². The zero-order valence-electron chi connectivity index (χ0n) is 11.0. The first kappa shape index (κ1) is 12.9. The van der Waals surface area contributed by atoms with Gasteiger partial charge in [-0.2, -0.15) is 0 Å². The molecule has 0 aromatic heterocycles. The first-order valence-corrected chi connectivity index (χ1v) is 6.76. The molecule has 1 unspecified atom stereocenters. The van der Waals surface area contributed by atoms with Crippen LogP contribution in [0.15, 0.2) is 24.3 Å². The van der Waals surface area contributed by atoms with Gasteiger partial charge in [0.2, 0.25) is 5.91 Å². The van der Waals surface area contributed by atoms with Gasteiger partial charge in [0.05, 0.1) is 18.3 Å². The van der Waals surface area contributed by atoms with Gasteiger partial charge in [-0.15, -0.1) is 0 Å². The van der Waals surface area contributed by atoms with E-state index in [0.717, 1.165) is 19.4 Å². The van der Waals surface area contributed by atoms with Crippen LogP contribution in [0.3, 0.4) is 0 Å². The predicted octanol–water partition coefficient (Wildman–Crippen LogP) is 0.0179. The van der Waals surface area contributed by atoms with E-state index in [9.17, 15) is 9.59 Å². The smallest absolute Gasteiger partial charge is 0.260 e. The molecule has 2 amide bonds. The lowest BCUT2D eigenvalue weighted by Gasteiger charge is -2.34. The molecule has 2 heterocycles. The van der Waals surface area contributed by atoms with E-state index in [2.05, 4.69) is 5.32 Å². The number of hydrogen-bond acceptors (Lipinski definition) is 4. The number of anilines is 1. The first-order chi connectivity index (χ1) is 9.66. The molecule has 3 rings (SSSR count). The molecule has 0 bridgehead atoms. The Morgan fingerprint density at radius 2 is 2.15 bits per heavy atom. The number of benzene rings is 1. The van der Waals surface area contributed by atoms with Crippen LogP contribution in [0.25, 0.3) is 0 Å². The predicted molar refractivity (Wildman–Crippen MR) is 73.4 cm³/mol. The Kier molecular flexibility index (Phi) is 3.31. The van der Waals surface area contributed by atoms with Crippen molar-refractivity contribution in [2.75, 3.05) is 18.0 Å². The summed E-state index contributed by atoms with van der Waals surface area (Å²) in [6, 6.07) is 7.02. The lowest BCUT2D eigenvalue weighted by molar-refractivity contribution is -0.125. The standard InChI is InChI=1S/C14H17N3O3/c15-13(18)12-8-17(14(19)9-4-3-7-16-9)10-5-1-2-6-11(10)20-12/h1-2,5-6,9,12,16H,3-4,7-8H2,(H2,15,18)/t9-,12?/m1/s1. The van der Waals surface area contributed by atoms with Crippen molar-refractivity contribution in [1.29, 1.82) is 0 Å². The average Bonchev–Trinajstić information content (AvgIpc) is 2.99. The van der Waals surface area contributed by atoms with Gasteiger partial charge in [0.15, 0.2) is 6.10 Å². The van der Waals surface area contributed by atoms with E-state index in [-0.39, 0.29) is 18.5 Å². The lowest BCUT2D eigenvalue weighted by Crippen LogP contribution is -2.53. The molecule has 6 nitrogen and oxygen atoms in total. The van der Waals surface area contributed by atoms with E-state index >= 15 is 0 Å². The van der Waals surface area contributed by atoms with Gasteiger partial charge in [-0.05, 0) is 31.5 Å². The number of primary amides is 1. The Labute approximate surface area is 116 Å². The number of nitrogens with one attached hydrogen (secondary N) is 1. The second-order valence-corrected chi connectivity index (χ2v) is 5.07. The molecule has 1 aromatic carbocycles. The van der Waals surface area contributed by atoms with Gasteiger partial charge in [0, 0.05) is 0 Å². The Morgan fingerprint density at radius 3 is 2.85 bits per heavy atom. The van der Waals surface area contributed by atoms with Crippen molar-refractivity contribution in [3.8, 4) is 5.75 Å². The van der Waals surface area contributed by atoms with E-state index in [1.807, 2.05) is 12.1 Å². The van der Waals surface area contributed by atoms with Crippen LogP contribution in [-0.4, -0.2) is 37.0 Å². The maximum atomic E-state index is 12.6. The Hall–Kier alpha value is -2.08. The normalized spacial score (nSPS) is 24.9. The van der Waals surface area contributed by atoms with Crippen molar-refractivity contribution < 1.29 is 14.3 Å². The summed E-state index contributed by atoms with van der Waals surface area (Å²) in [6.45, 7) is 1.02. The van der Waals surface area contributed by atoms with E-state index in [1.54, 1.807) is 17.0 Å². The SMILES string of the molecule is NC(=O)C1CN(C(=O)[C@H]2CCCN2)c2ccccc2O1. The van der Waals surface area contributed by atoms with E-state index in [4.69, 9.17) is 10.5 Å². The Bertz CT molecular complexity index is 540. The second kappa shape index (κ2) is 5.13. The van der Waals surface area contributed by atoms with Crippen LogP contribution in [0.5, 0.6) is 5.75 Å². The van der Waals surface area contributed by atoms with Crippen molar-refractivity contribution in [1.82, 2.24) is 5.32 Å². The minimum Gasteiger partial charge on any atom is -0.477 e. The molecule has 0 aliphatic carbocycles. The molecule has 0 spiro atoms. The molecular weight excluding hydrogens is 258 g/mol. The molecule has 1 fully saturated rings. The number of para-hydroxylation sites is 2. The molecule has 2 aliphatic rings. The lowest BCUT2D eigenvalue weighted by atomic mass is 10.1. The highest BCUT2D eigenvalue weighted by atomic mass is 16.5. The minimum absolute atomic E-state index is 0.0236. The Morgan fingerprint density at radius 1 is 1.35 bits per heavy atom. The largest absolute Gasteiger partial charge is 0.477 e. The van der Waals surface area contributed by atoms with Crippen LogP contribution >= 0.6 is 0 Å². The number of amides is 2. The third-order valence-electron chi connectivity index (χ3n) is 3.72. The maximum Gasteiger partial charge on any atom is 0.260 e. The number of fused-ring (bicyclic) bond motifs is 1. The first-order valence-electron chi connectivity index (χ1n) is 6.76. The number of carbonyl (C=O) groups excluding carboxylic acids is 2. The van der Waals surface area contributed by atoms with Crippen LogP contribution in [0.1, 0.15) is 12.8 Å². The fourth-order valence-corrected chi connectivity index (χ4v) is 2.67. The topological polar surface area (TPSA) is 84.7 Å². The van der Waals surface area contributed by atoms with Gasteiger partial charge in [0.25, 0.3) is 5.91 Å². The molecule has 1 saturated heterocycles. The summed E-state index contributed by atoms with van der Waals surface area (Å²) in [7, 11) is 0. The summed E-state index contributed by atoms with van der Waals surface area (Å²) in [5.74, 6) is -0.0601. The molecule has 2 aliphatic heterocycles. The third kappa shape index (κ3) is 2.22. The second-order valence-electron chi connectivity index (χ2n) is 5.07. The highest BCUT2D eigenvalue weighted by Crippen LogP contribution is 2.33. The number of nitrogens with zero attached hydrogens (tertiary/aromatic N) is 1. The van der Waals surface area contributed by atoms with Crippen LogP contribution in [0.2, 0.25) is 0 Å². The molecule has 106 valence electrons. The Balaban J connectivity index is 1.91. The summed E-state index contributed by atoms with van der Waals surface area (Å²) in [4.78, 5) is 25.6. The molecule has 3 N–H and O–H groups in total.